The second-order valence-corrected chi connectivity index (χ2v) is 4.37. The lowest BCUT2D eigenvalue weighted by Crippen LogP contribution is -2.92. The minimum absolute atomic E-state index is 0.0424. The predicted octanol–water partition coefficient (Wildman–Crippen LogP) is 1.10. The van der Waals surface area contributed by atoms with E-state index in [9.17, 15) is 4.79 Å². The number of benzene rings is 1. The van der Waals surface area contributed by atoms with Gasteiger partial charge in [-0.1, -0.05) is 23.7 Å². The maximum absolute atomic E-state index is 11.4. The van der Waals surface area contributed by atoms with E-state index >= 15 is 0 Å². The van der Waals surface area contributed by atoms with Crippen molar-refractivity contribution in [1.82, 2.24) is 5.32 Å². The van der Waals surface area contributed by atoms with Crippen molar-refractivity contribution in [3.8, 4) is 0 Å². The number of hydrogen-bond donors (Lipinski definition) is 2. The number of halogens is 1. The Labute approximate surface area is 101 Å². The van der Waals surface area contributed by atoms with Crippen LogP contribution in [0.4, 0.5) is 0 Å². The molecule has 1 amide bonds. The molecule has 0 aliphatic heterocycles. The Morgan fingerprint density at radius 3 is 2.38 bits per heavy atom. The molecule has 1 rings (SSSR count). The quantitative estimate of drug-likeness (QED) is 0.815. The molecule has 3 nitrogen and oxygen atoms in total. The zero-order valence-corrected chi connectivity index (χ0v) is 10.6. The third kappa shape index (κ3) is 3.51. The summed E-state index contributed by atoms with van der Waals surface area (Å²) in [6.07, 6.45) is 0. The second-order valence-electron chi connectivity index (χ2n) is 3.94. The van der Waals surface area contributed by atoms with E-state index in [1.54, 1.807) is 7.05 Å². The van der Waals surface area contributed by atoms with Crippen LogP contribution in [0.1, 0.15) is 25.5 Å². The van der Waals surface area contributed by atoms with E-state index in [1.165, 1.54) is 5.56 Å². The van der Waals surface area contributed by atoms with Crippen molar-refractivity contribution >= 4 is 17.5 Å². The van der Waals surface area contributed by atoms with Gasteiger partial charge in [0.1, 0.15) is 6.04 Å². The number of nitrogens with two attached hydrogens (primary N) is 1. The van der Waals surface area contributed by atoms with Crippen molar-refractivity contribution < 1.29 is 10.1 Å². The van der Waals surface area contributed by atoms with Crippen molar-refractivity contribution in [1.29, 1.82) is 0 Å². The first kappa shape index (κ1) is 13.0. The zero-order valence-electron chi connectivity index (χ0n) is 9.83. The number of amides is 1. The standard InChI is InChI=1S/C12H17ClN2O/c1-8(15-9(2)12(16)14-3)10-4-6-11(13)7-5-10/h4-9,15H,1-3H3,(H,14,16)/p+1/t8-,9-/m0/s1. The van der Waals surface area contributed by atoms with Crippen molar-refractivity contribution in [3.05, 3.63) is 34.9 Å². The van der Waals surface area contributed by atoms with Gasteiger partial charge >= 0.3 is 0 Å². The first-order valence-electron chi connectivity index (χ1n) is 5.36. The average Bonchev–Trinajstić information content (AvgIpc) is 2.28. The number of quaternary nitrogens is 1. The zero-order chi connectivity index (χ0) is 12.1. The highest BCUT2D eigenvalue weighted by Crippen LogP contribution is 2.13. The molecule has 0 spiro atoms. The van der Waals surface area contributed by atoms with Crippen molar-refractivity contribution in [2.75, 3.05) is 7.05 Å². The number of rotatable bonds is 4. The van der Waals surface area contributed by atoms with Crippen LogP contribution < -0.4 is 10.6 Å². The van der Waals surface area contributed by atoms with Crippen molar-refractivity contribution in [2.24, 2.45) is 0 Å². The van der Waals surface area contributed by atoms with Gasteiger partial charge in [-0.05, 0) is 26.0 Å². The maximum atomic E-state index is 11.4. The molecule has 0 unspecified atom stereocenters. The molecule has 0 fully saturated rings. The van der Waals surface area contributed by atoms with Crippen LogP contribution in [0.5, 0.6) is 0 Å². The maximum Gasteiger partial charge on any atom is 0.277 e. The molecule has 0 radical (unpaired) electrons. The highest BCUT2D eigenvalue weighted by Gasteiger charge is 2.18. The Bertz CT molecular complexity index is 351. The summed E-state index contributed by atoms with van der Waals surface area (Å²) in [5.74, 6) is 0.0424. The summed E-state index contributed by atoms with van der Waals surface area (Å²) in [7, 11) is 1.65. The summed E-state index contributed by atoms with van der Waals surface area (Å²) < 4.78 is 0. The van der Waals surface area contributed by atoms with Gasteiger partial charge in [-0.25, -0.2) is 0 Å². The monoisotopic (exact) mass is 241 g/mol. The van der Waals surface area contributed by atoms with Gasteiger partial charge in [0.25, 0.3) is 5.91 Å². The number of carbonyl (C=O) groups is 1. The van der Waals surface area contributed by atoms with Gasteiger partial charge in [0, 0.05) is 17.6 Å². The van der Waals surface area contributed by atoms with E-state index in [0.717, 1.165) is 5.02 Å². The smallest absolute Gasteiger partial charge is 0.277 e. The third-order valence-corrected chi connectivity index (χ3v) is 2.89. The van der Waals surface area contributed by atoms with Gasteiger partial charge in [0.15, 0.2) is 6.04 Å². The Hall–Kier alpha value is -1.06. The van der Waals surface area contributed by atoms with Crippen LogP contribution in [-0.2, 0) is 4.79 Å². The normalized spacial score (nSPS) is 14.2. The second kappa shape index (κ2) is 5.87. The predicted molar refractivity (Wildman–Crippen MR) is 65.3 cm³/mol. The summed E-state index contributed by atoms with van der Waals surface area (Å²) in [6, 6.07) is 7.86. The number of hydrogen-bond acceptors (Lipinski definition) is 1. The van der Waals surface area contributed by atoms with E-state index in [-0.39, 0.29) is 18.0 Å². The highest BCUT2D eigenvalue weighted by molar-refractivity contribution is 6.30. The van der Waals surface area contributed by atoms with E-state index in [4.69, 9.17) is 11.6 Å². The lowest BCUT2D eigenvalue weighted by molar-refractivity contribution is -0.710. The van der Waals surface area contributed by atoms with Gasteiger partial charge in [-0.15, -0.1) is 0 Å². The molecule has 0 aliphatic rings. The molecule has 1 aromatic rings. The van der Waals surface area contributed by atoms with Crippen LogP contribution in [0.25, 0.3) is 0 Å². The summed E-state index contributed by atoms with van der Waals surface area (Å²) in [5.41, 5.74) is 1.17. The summed E-state index contributed by atoms with van der Waals surface area (Å²) in [5, 5.41) is 5.40. The molecule has 1 aromatic carbocycles. The van der Waals surface area contributed by atoms with E-state index in [2.05, 4.69) is 12.2 Å². The number of likely N-dealkylation sites (N-methyl/N-ethyl adjacent to an activating group) is 1. The van der Waals surface area contributed by atoms with Gasteiger partial charge in [0.2, 0.25) is 0 Å². The van der Waals surface area contributed by atoms with Gasteiger partial charge < -0.3 is 10.6 Å². The largest absolute Gasteiger partial charge is 0.354 e. The number of nitrogens with one attached hydrogen (secondary N) is 1. The first-order valence-corrected chi connectivity index (χ1v) is 5.74. The first-order chi connectivity index (χ1) is 7.54. The van der Waals surface area contributed by atoms with Gasteiger partial charge in [0.05, 0.1) is 0 Å². The minimum atomic E-state index is -0.0873. The lowest BCUT2D eigenvalue weighted by atomic mass is 10.1. The van der Waals surface area contributed by atoms with E-state index < -0.39 is 0 Å². The van der Waals surface area contributed by atoms with Crippen LogP contribution in [0.2, 0.25) is 5.02 Å². The molecule has 0 aliphatic carbocycles. The molecule has 88 valence electrons. The van der Waals surface area contributed by atoms with Crippen molar-refractivity contribution in [3.63, 3.8) is 0 Å². The SMILES string of the molecule is CNC(=O)[C@H](C)[NH2+][C@@H](C)c1ccc(Cl)cc1. The summed E-state index contributed by atoms with van der Waals surface area (Å²) in [4.78, 5) is 11.4. The van der Waals surface area contributed by atoms with Crippen LogP contribution in [0.15, 0.2) is 24.3 Å². The Balaban J connectivity index is 2.61. The minimum Gasteiger partial charge on any atom is -0.354 e. The Kier molecular flexibility index (Phi) is 4.77. The molecule has 3 N–H and O–H groups in total. The lowest BCUT2D eigenvalue weighted by Gasteiger charge is -2.15. The van der Waals surface area contributed by atoms with Gasteiger partial charge in [-0.3, -0.25) is 4.79 Å². The summed E-state index contributed by atoms with van der Waals surface area (Å²) >= 11 is 5.82. The van der Waals surface area contributed by atoms with Crippen LogP contribution >= 0.6 is 11.6 Å². The molecule has 0 aromatic heterocycles. The molecular formula is C12H18ClN2O+. The molecule has 16 heavy (non-hydrogen) atoms. The fourth-order valence-corrected chi connectivity index (χ4v) is 1.75. The van der Waals surface area contributed by atoms with Crippen LogP contribution in [-0.4, -0.2) is 19.0 Å². The number of carbonyl (C=O) groups excluding carboxylic acids is 1. The Morgan fingerprint density at radius 1 is 1.31 bits per heavy atom. The van der Waals surface area contributed by atoms with Crippen LogP contribution in [0, 0.1) is 0 Å². The molecule has 2 atom stereocenters. The topological polar surface area (TPSA) is 45.7 Å². The third-order valence-electron chi connectivity index (χ3n) is 2.63. The Morgan fingerprint density at radius 2 is 1.88 bits per heavy atom. The van der Waals surface area contributed by atoms with Gasteiger partial charge in [-0.2, -0.15) is 0 Å². The van der Waals surface area contributed by atoms with Crippen molar-refractivity contribution in [2.45, 2.75) is 25.9 Å². The van der Waals surface area contributed by atoms with E-state index in [0.29, 0.717) is 0 Å². The van der Waals surface area contributed by atoms with Crippen LogP contribution in [0.3, 0.4) is 0 Å². The fraction of sp³-hybridized carbons (Fsp3) is 0.417. The summed E-state index contributed by atoms with van der Waals surface area (Å²) in [6.45, 7) is 3.97. The molecule has 0 bridgehead atoms. The fourth-order valence-electron chi connectivity index (χ4n) is 1.63. The average molecular weight is 242 g/mol. The van der Waals surface area contributed by atoms with E-state index in [1.807, 2.05) is 36.5 Å². The molecule has 0 heterocycles. The molecule has 0 saturated carbocycles. The molecular weight excluding hydrogens is 224 g/mol. The highest BCUT2D eigenvalue weighted by atomic mass is 35.5. The molecule has 0 saturated heterocycles. The molecule has 4 heteroatoms.